The zero-order chi connectivity index (χ0) is 22.8. The summed E-state index contributed by atoms with van der Waals surface area (Å²) in [5, 5.41) is 11.9. The molecule has 1 fully saturated rings. The number of rotatable bonds is 7. The molecule has 4 N–H and O–H groups in total. The van der Waals surface area contributed by atoms with Gasteiger partial charge in [-0.15, -0.1) is 0 Å². The van der Waals surface area contributed by atoms with Crippen molar-refractivity contribution in [1.29, 1.82) is 0 Å². The number of hydrogen-bond acceptors (Lipinski definition) is 7. The molecule has 1 atom stereocenters. The number of H-pyrrole nitrogens is 1. The predicted octanol–water partition coefficient (Wildman–Crippen LogP) is 4.29. The number of anilines is 1. The lowest BCUT2D eigenvalue weighted by Gasteiger charge is -2.21. The van der Waals surface area contributed by atoms with Crippen LogP contribution in [0, 0.1) is 0 Å². The van der Waals surface area contributed by atoms with E-state index in [1.165, 1.54) is 0 Å². The Bertz CT molecular complexity index is 1240. The molecule has 172 valence electrons. The number of methoxy groups -OCH3 is 1. The molecule has 0 aliphatic carbocycles. The number of nitrogens with two attached hydrogens (primary N) is 1. The zero-order valence-electron chi connectivity index (χ0n) is 18.9. The van der Waals surface area contributed by atoms with Gasteiger partial charge in [0.05, 0.1) is 18.2 Å². The summed E-state index contributed by atoms with van der Waals surface area (Å²) in [6.45, 7) is 4.01. The van der Waals surface area contributed by atoms with Crippen LogP contribution >= 0.6 is 0 Å². The first-order valence-electron chi connectivity index (χ1n) is 11.3. The Morgan fingerprint density at radius 1 is 1.21 bits per heavy atom. The molecule has 0 amide bonds. The molecule has 0 radical (unpaired) electrons. The summed E-state index contributed by atoms with van der Waals surface area (Å²) in [4.78, 5) is 4.41. The van der Waals surface area contributed by atoms with Crippen molar-refractivity contribution in [2.24, 2.45) is 0 Å². The molecule has 33 heavy (non-hydrogen) atoms. The second-order valence-electron chi connectivity index (χ2n) is 8.52. The number of hydrogen-bond donors (Lipinski definition) is 3. The molecule has 4 aromatic rings. The van der Waals surface area contributed by atoms with Gasteiger partial charge in [-0.1, -0.05) is 18.2 Å². The smallest absolute Gasteiger partial charge is 0.205 e. The Balaban J connectivity index is 1.45. The first kappa shape index (κ1) is 21.3. The number of nitrogens with zero attached hydrogens (tertiary/aromatic N) is 2. The lowest BCUT2D eigenvalue weighted by molar-refractivity contribution is 0.221. The normalized spacial score (nSPS) is 15.6. The van der Waals surface area contributed by atoms with Crippen molar-refractivity contribution in [2.75, 3.05) is 25.9 Å². The van der Waals surface area contributed by atoms with Crippen LogP contribution in [-0.2, 0) is 6.42 Å². The molecule has 4 heterocycles. The summed E-state index contributed by atoms with van der Waals surface area (Å²) in [5.74, 6) is 2.02. The molecule has 0 spiro atoms. The molecule has 0 saturated carbocycles. The zero-order valence-corrected chi connectivity index (χ0v) is 18.9. The van der Waals surface area contributed by atoms with Gasteiger partial charge in [-0.25, -0.2) is 4.98 Å². The number of ether oxygens (including phenoxy) is 2. The molecule has 1 saturated heterocycles. The van der Waals surface area contributed by atoms with Crippen molar-refractivity contribution in [2.45, 2.75) is 38.2 Å². The van der Waals surface area contributed by atoms with E-state index in [1.807, 2.05) is 37.4 Å². The monoisotopic (exact) mass is 447 g/mol. The molecule has 1 aliphatic heterocycles. The number of nitrogen functional groups attached to an aromatic ring is 1. The van der Waals surface area contributed by atoms with Crippen molar-refractivity contribution < 1.29 is 13.9 Å². The number of aromatic amines is 1. The average Bonchev–Trinajstić information content (AvgIpc) is 3.49. The van der Waals surface area contributed by atoms with Crippen LogP contribution in [0.15, 0.2) is 47.3 Å². The predicted molar refractivity (Wildman–Crippen MR) is 128 cm³/mol. The van der Waals surface area contributed by atoms with E-state index >= 15 is 0 Å². The van der Waals surface area contributed by atoms with E-state index in [9.17, 15) is 0 Å². The fraction of sp³-hybridized carbons (Fsp3) is 0.360. The van der Waals surface area contributed by atoms with Gasteiger partial charge in [0.15, 0.2) is 11.4 Å². The van der Waals surface area contributed by atoms with Gasteiger partial charge >= 0.3 is 0 Å². The number of pyridine rings is 1. The maximum absolute atomic E-state index is 6.27. The van der Waals surface area contributed by atoms with Crippen molar-refractivity contribution in [3.05, 3.63) is 54.2 Å². The van der Waals surface area contributed by atoms with Gasteiger partial charge < -0.3 is 24.9 Å². The van der Waals surface area contributed by atoms with E-state index in [-0.39, 0.29) is 6.10 Å². The summed E-state index contributed by atoms with van der Waals surface area (Å²) >= 11 is 0. The number of aromatic nitrogens is 3. The fourth-order valence-electron chi connectivity index (χ4n) is 4.65. The van der Waals surface area contributed by atoms with Crippen LogP contribution in [0.4, 0.5) is 5.82 Å². The highest BCUT2D eigenvalue weighted by atomic mass is 16.5. The summed E-state index contributed by atoms with van der Waals surface area (Å²) in [5.41, 5.74) is 10.9. The molecular formula is C25H29N5O3. The summed E-state index contributed by atoms with van der Waals surface area (Å²) in [6.07, 6.45) is 8.06. The molecule has 3 aromatic heterocycles. The number of benzene rings is 1. The summed E-state index contributed by atoms with van der Waals surface area (Å²) < 4.78 is 17.7. The minimum absolute atomic E-state index is 0.163. The molecule has 1 aromatic carbocycles. The summed E-state index contributed by atoms with van der Waals surface area (Å²) in [7, 11) is 1.67. The van der Waals surface area contributed by atoms with Crippen molar-refractivity contribution in [3.63, 3.8) is 0 Å². The molecule has 1 aliphatic rings. The third kappa shape index (κ3) is 4.14. The van der Waals surface area contributed by atoms with Gasteiger partial charge in [0, 0.05) is 35.9 Å². The van der Waals surface area contributed by atoms with E-state index < -0.39 is 0 Å². The standard InChI is InChI=1S/C25H29N5O3/c1-15(11-17-5-3-4-6-21(17)31-2)33-24-23-19(12-28-25(24)26)20(14-32-23)18-13-29-30-22(18)16-7-9-27-10-8-16/h3-6,12-16,27H,7-11H2,1-2H3,(H2,26,28)(H,29,30). The SMILES string of the molecule is COc1ccccc1CC(C)Oc1c(N)ncc2c(-c3c[nH]nc3C3CCNCC3)coc12. The minimum atomic E-state index is -0.163. The van der Waals surface area contributed by atoms with Gasteiger partial charge in [-0.2, -0.15) is 5.10 Å². The maximum Gasteiger partial charge on any atom is 0.205 e. The van der Waals surface area contributed by atoms with Crippen LogP contribution < -0.4 is 20.5 Å². The highest BCUT2D eigenvalue weighted by molar-refractivity contribution is 5.98. The Hall–Kier alpha value is -3.52. The quantitative estimate of drug-likeness (QED) is 0.388. The highest BCUT2D eigenvalue weighted by Crippen LogP contribution is 2.41. The van der Waals surface area contributed by atoms with Crippen molar-refractivity contribution in [3.8, 4) is 22.6 Å². The summed E-state index contributed by atoms with van der Waals surface area (Å²) in [6, 6.07) is 7.93. The van der Waals surface area contributed by atoms with Crippen LogP contribution in [0.25, 0.3) is 22.1 Å². The maximum atomic E-state index is 6.27. The Labute approximate surface area is 192 Å². The fourth-order valence-corrected chi connectivity index (χ4v) is 4.65. The van der Waals surface area contributed by atoms with E-state index in [2.05, 4.69) is 20.5 Å². The van der Waals surface area contributed by atoms with Gasteiger partial charge in [-0.3, -0.25) is 5.10 Å². The molecule has 8 nitrogen and oxygen atoms in total. The van der Waals surface area contributed by atoms with Gasteiger partial charge in [0.2, 0.25) is 5.75 Å². The minimum Gasteiger partial charge on any atom is -0.496 e. The lowest BCUT2D eigenvalue weighted by atomic mass is 9.90. The second kappa shape index (κ2) is 9.15. The van der Waals surface area contributed by atoms with Crippen molar-refractivity contribution >= 4 is 16.8 Å². The van der Waals surface area contributed by atoms with E-state index in [4.69, 9.17) is 19.6 Å². The van der Waals surface area contributed by atoms with Crippen LogP contribution in [0.2, 0.25) is 0 Å². The van der Waals surface area contributed by atoms with Gasteiger partial charge in [0.25, 0.3) is 0 Å². The first-order chi connectivity index (χ1) is 16.2. The third-order valence-electron chi connectivity index (χ3n) is 6.31. The number of fused-ring (bicyclic) bond motifs is 1. The van der Waals surface area contributed by atoms with E-state index in [0.717, 1.165) is 59.5 Å². The second-order valence-corrected chi connectivity index (χ2v) is 8.52. The van der Waals surface area contributed by atoms with E-state index in [1.54, 1.807) is 19.6 Å². The molecular weight excluding hydrogens is 418 g/mol. The number of piperidine rings is 1. The Kier molecular flexibility index (Phi) is 5.92. The van der Waals surface area contributed by atoms with Crippen molar-refractivity contribution in [1.82, 2.24) is 20.5 Å². The number of furan rings is 1. The largest absolute Gasteiger partial charge is 0.496 e. The molecule has 8 heteroatoms. The Morgan fingerprint density at radius 3 is 2.85 bits per heavy atom. The Morgan fingerprint density at radius 2 is 2.03 bits per heavy atom. The van der Waals surface area contributed by atoms with Gasteiger partial charge in [0.1, 0.15) is 18.1 Å². The van der Waals surface area contributed by atoms with Crippen LogP contribution in [-0.4, -0.2) is 41.5 Å². The van der Waals surface area contributed by atoms with E-state index in [0.29, 0.717) is 29.5 Å². The number of para-hydroxylation sites is 1. The molecule has 5 rings (SSSR count). The van der Waals surface area contributed by atoms with Crippen LogP contribution in [0.1, 0.15) is 36.9 Å². The lowest BCUT2D eigenvalue weighted by Crippen LogP contribution is -2.27. The number of nitrogens with one attached hydrogen (secondary N) is 2. The van der Waals surface area contributed by atoms with Crippen LogP contribution in [0.5, 0.6) is 11.5 Å². The molecule has 0 bridgehead atoms. The van der Waals surface area contributed by atoms with Crippen LogP contribution in [0.3, 0.4) is 0 Å². The highest BCUT2D eigenvalue weighted by Gasteiger charge is 2.25. The average molecular weight is 448 g/mol. The first-order valence-corrected chi connectivity index (χ1v) is 11.3. The third-order valence-corrected chi connectivity index (χ3v) is 6.31. The topological polar surface area (TPSA) is 111 Å². The molecule has 1 unspecified atom stereocenters. The van der Waals surface area contributed by atoms with Gasteiger partial charge in [-0.05, 0) is 44.5 Å².